The zero-order chi connectivity index (χ0) is 18.2. The van der Waals surface area contributed by atoms with E-state index >= 15 is 0 Å². The van der Waals surface area contributed by atoms with Crippen LogP contribution in [-0.2, 0) is 9.59 Å². The van der Waals surface area contributed by atoms with Crippen LogP contribution in [0.15, 0.2) is 48.5 Å². The topological polar surface area (TPSA) is 84.9 Å². The summed E-state index contributed by atoms with van der Waals surface area (Å²) in [6, 6.07) is 13.4. The summed E-state index contributed by atoms with van der Waals surface area (Å²) in [4.78, 5) is 22.6. The number of hydrogen-bond donors (Lipinski definition) is 2. The Kier molecular flexibility index (Phi) is 6.65. The van der Waals surface area contributed by atoms with Gasteiger partial charge in [-0.2, -0.15) is 0 Å². The van der Waals surface area contributed by atoms with Crippen LogP contribution in [0.5, 0.6) is 11.5 Å². The predicted octanol–water partition coefficient (Wildman–Crippen LogP) is 3.46. The van der Waals surface area contributed by atoms with Gasteiger partial charge in [-0.1, -0.05) is 11.6 Å². The molecule has 0 aliphatic rings. The lowest BCUT2D eigenvalue weighted by atomic mass is 10.2. The van der Waals surface area contributed by atoms with E-state index in [0.717, 1.165) is 0 Å². The molecule has 0 bridgehead atoms. The van der Waals surface area contributed by atoms with Gasteiger partial charge in [-0.05, 0) is 55.5 Å². The zero-order valence-corrected chi connectivity index (χ0v) is 14.3. The first-order valence-corrected chi connectivity index (χ1v) is 7.95. The molecule has 0 fully saturated rings. The standard InChI is InChI=1S/C18H18ClNO5/c1-12(18(22)23)10-24-16-8-4-14(5-9-16)20-17(21)11-25-15-6-2-13(19)3-7-15/h2-9,12H,10-11H2,1H3,(H,20,21)(H,22,23). The van der Waals surface area contributed by atoms with Crippen molar-refractivity contribution in [2.24, 2.45) is 5.92 Å². The average Bonchev–Trinajstić information content (AvgIpc) is 2.60. The molecule has 1 atom stereocenters. The minimum Gasteiger partial charge on any atom is -0.493 e. The van der Waals surface area contributed by atoms with Gasteiger partial charge in [-0.25, -0.2) is 0 Å². The van der Waals surface area contributed by atoms with Crippen molar-refractivity contribution >= 4 is 29.2 Å². The van der Waals surface area contributed by atoms with Crippen LogP contribution in [0.4, 0.5) is 5.69 Å². The number of anilines is 1. The monoisotopic (exact) mass is 363 g/mol. The first-order chi connectivity index (χ1) is 11.9. The molecular weight excluding hydrogens is 346 g/mol. The molecule has 2 rings (SSSR count). The van der Waals surface area contributed by atoms with Gasteiger partial charge in [0.1, 0.15) is 18.1 Å². The van der Waals surface area contributed by atoms with E-state index in [4.69, 9.17) is 26.2 Å². The molecule has 132 valence electrons. The van der Waals surface area contributed by atoms with Gasteiger partial charge in [0.05, 0.1) is 5.92 Å². The van der Waals surface area contributed by atoms with Gasteiger partial charge >= 0.3 is 5.97 Å². The van der Waals surface area contributed by atoms with Crippen LogP contribution in [0, 0.1) is 5.92 Å². The van der Waals surface area contributed by atoms with Crippen LogP contribution in [-0.4, -0.2) is 30.2 Å². The van der Waals surface area contributed by atoms with E-state index in [2.05, 4.69) is 5.32 Å². The van der Waals surface area contributed by atoms with Crippen LogP contribution in [0.3, 0.4) is 0 Å². The van der Waals surface area contributed by atoms with E-state index in [9.17, 15) is 9.59 Å². The lowest BCUT2D eigenvalue weighted by Crippen LogP contribution is -2.20. The number of halogens is 1. The highest BCUT2D eigenvalue weighted by Crippen LogP contribution is 2.17. The molecule has 0 radical (unpaired) electrons. The molecule has 6 nitrogen and oxygen atoms in total. The third kappa shape index (κ3) is 6.35. The Hall–Kier alpha value is -2.73. The molecular formula is C18H18ClNO5. The molecule has 1 amide bonds. The number of hydrogen-bond acceptors (Lipinski definition) is 4. The number of ether oxygens (including phenoxy) is 2. The van der Waals surface area contributed by atoms with Crippen LogP contribution in [0.25, 0.3) is 0 Å². The quantitative estimate of drug-likeness (QED) is 0.750. The van der Waals surface area contributed by atoms with Crippen molar-refractivity contribution in [3.63, 3.8) is 0 Å². The van der Waals surface area contributed by atoms with Crippen molar-refractivity contribution in [3.05, 3.63) is 53.6 Å². The second-order valence-electron chi connectivity index (χ2n) is 5.37. The fourth-order valence-corrected chi connectivity index (χ4v) is 1.93. The number of carbonyl (C=O) groups excluding carboxylic acids is 1. The highest BCUT2D eigenvalue weighted by Gasteiger charge is 2.11. The molecule has 0 aliphatic carbocycles. The lowest BCUT2D eigenvalue weighted by molar-refractivity contribution is -0.142. The minimum atomic E-state index is -0.912. The zero-order valence-electron chi connectivity index (χ0n) is 13.6. The van der Waals surface area contributed by atoms with Crippen LogP contribution < -0.4 is 14.8 Å². The molecule has 1 unspecified atom stereocenters. The van der Waals surface area contributed by atoms with Crippen LogP contribution in [0.2, 0.25) is 5.02 Å². The molecule has 2 aromatic carbocycles. The molecule has 0 aliphatic heterocycles. The first-order valence-electron chi connectivity index (χ1n) is 7.58. The Morgan fingerprint density at radius 2 is 1.60 bits per heavy atom. The number of aliphatic carboxylic acids is 1. The number of amides is 1. The number of carboxylic acid groups (broad SMARTS) is 1. The maximum absolute atomic E-state index is 11.9. The van der Waals surface area contributed by atoms with Gasteiger partial charge in [-0.3, -0.25) is 9.59 Å². The Morgan fingerprint density at radius 1 is 1.04 bits per heavy atom. The summed E-state index contributed by atoms with van der Waals surface area (Å²) in [5, 5.41) is 12.1. The normalized spacial score (nSPS) is 11.4. The molecule has 25 heavy (non-hydrogen) atoms. The van der Waals surface area contributed by atoms with Crippen molar-refractivity contribution in [3.8, 4) is 11.5 Å². The van der Waals surface area contributed by atoms with Crippen molar-refractivity contribution < 1.29 is 24.2 Å². The largest absolute Gasteiger partial charge is 0.493 e. The second-order valence-corrected chi connectivity index (χ2v) is 5.80. The highest BCUT2D eigenvalue weighted by atomic mass is 35.5. The van der Waals surface area contributed by atoms with Crippen molar-refractivity contribution in [1.29, 1.82) is 0 Å². The third-order valence-electron chi connectivity index (χ3n) is 3.24. The predicted molar refractivity (Wildman–Crippen MR) is 94.3 cm³/mol. The summed E-state index contributed by atoms with van der Waals surface area (Å²) >= 11 is 5.78. The average molecular weight is 364 g/mol. The molecule has 7 heteroatoms. The number of carboxylic acids is 1. The smallest absolute Gasteiger partial charge is 0.309 e. The minimum absolute atomic E-state index is 0.0793. The van der Waals surface area contributed by atoms with Gasteiger partial charge in [0, 0.05) is 10.7 Å². The summed E-state index contributed by atoms with van der Waals surface area (Å²) in [6.45, 7) is 1.52. The molecule has 0 heterocycles. The van der Waals surface area contributed by atoms with Crippen molar-refractivity contribution in [1.82, 2.24) is 0 Å². The van der Waals surface area contributed by atoms with Gasteiger partial charge < -0.3 is 19.9 Å². The van der Waals surface area contributed by atoms with E-state index in [0.29, 0.717) is 22.2 Å². The fourth-order valence-electron chi connectivity index (χ4n) is 1.80. The Balaban J connectivity index is 1.78. The fraction of sp³-hybridized carbons (Fsp3) is 0.222. The Labute approximate surface area is 150 Å². The van der Waals surface area contributed by atoms with Crippen LogP contribution >= 0.6 is 11.6 Å². The van der Waals surface area contributed by atoms with E-state index in [1.807, 2.05) is 0 Å². The van der Waals surface area contributed by atoms with E-state index in [-0.39, 0.29) is 19.1 Å². The van der Waals surface area contributed by atoms with Crippen LogP contribution in [0.1, 0.15) is 6.92 Å². The lowest BCUT2D eigenvalue weighted by Gasteiger charge is -2.11. The third-order valence-corrected chi connectivity index (χ3v) is 3.50. The van der Waals surface area contributed by atoms with Gasteiger partial charge in [0.15, 0.2) is 6.61 Å². The van der Waals surface area contributed by atoms with Crippen molar-refractivity contribution in [2.75, 3.05) is 18.5 Å². The molecule has 2 N–H and O–H groups in total. The highest BCUT2D eigenvalue weighted by molar-refractivity contribution is 6.30. The molecule has 0 saturated heterocycles. The second kappa shape index (κ2) is 8.94. The summed E-state index contributed by atoms with van der Waals surface area (Å²) < 4.78 is 10.7. The Morgan fingerprint density at radius 3 is 2.20 bits per heavy atom. The summed E-state index contributed by atoms with van der Waals surface area (Å²) in [5.74, 6) is -0.726. The van der Waals surface area contributed by atoms with Gasteiger partial charge in [0.25, 0.3) is 5.91 Å². The molecule has 0 spiro atoms. The van der Waals surface area contributed by atoms with Crippen molar-refractivity contribution in [2.45, 2.75) is 6.92 Å². The Bertz CT molecular complexity index is 715. The number of nitrogens with one attached hydrogen (secondary N) is 1. The molecule has 0 saturated carbocycles. The maximum Gasteiger partial charge on any atom is 0.309 e. The summed E-state index contributed by atoms with van der Waals surface area (Å²) in [6.07, 6.45) is 0. The summed E-state index contributed by atoms with van der Waals surface area (Å²) in [5.41, 5.74) is 0.586. The maximum atomic E-state index is 11.9. The van der Waals surface area contributed by atoms with E-state index < -0.39 is 11.9 Å². The van der Waals surface area contributed by atoms with Gasteiger partial charge in [-0.15, -0.1) is 0 Å². The van der Waals surface area contributed by atoms with E-state index in [1.165, 1.54) is 0 Å². The number of rotatable bonds is 8. The number of benzene rings is 2. The SMILES string of the molecule is CC(COc1ccc(NC(=O)COc2ccc(Cl)cc2)cc1)C(=O)O. The van der Waals surface area contributed by atoms with Gasteiger partial charge in [0.2, 0.25) is 0 Å². The molecule has 0 aromatic heterocycles. The molecule has 2 aromatic rings. The first kappa shape index (κ1) is 18.6. The summed E-state index contributed by atoms with van der Waals surface area (Å²) in [7, 11) is 0. The number of carbonyl (C=O) groups is 2. The van der Waals surface area contributed by atoms with E-state index in [1.54, 1.807) is 55.5 Å².